The monoisotopic (exact) mass is 313 g/mol. The molecule has 2 rings (SSSR count). The van der Waals surface area contributed by atoms with E-state index in [1.165, 1.54) is 0 Å². The largest absolute Gasteiger partial charge is 0.391 e. The third kappa shape index (κ3) is 3.01. The second-order valence-corrected chi connectivity index (χ2v) is 6.89. The molecule has 100 valence electrons. The molecule has 2 unspecified atom stereocenters. The topological polar surface area (TPSA) is 49.2 Å². The van der Waals surface area contributed by atoms with Crippen molar-refractivity contribution in [1.29, 1.82) is 0 Å². The summed E-state index contributed by atoms with van der Waals surface area (Å²) in [5.74, 6) is 1.04. The lowest BCUT2D eigenvalue weighted by Crippen LogP contribution is -2.48. The molecule has 1 N–H and O–H groups in total. The molecule has 1 aliphatic heterocycles. The number of aliphatic hydroxyl groups excluding tert-OH is 1. The Morgan fingerprint density at radius 2 is 1.94 bits per heavy atom. The van der Waals surface area contributed by atoms with Crippen LogP contribution in [0.4, 0.5) is 5.95 Å². The Balaban J connectivity index is 2.06. The van der Waals surface area contributed by atoms with Crippen LogP contribution in [0.15, 0.2) is 16.9 Å². The van der Waals surface area contributed by atoms with Gasteiger partial charge in [-0.2, -0.15) is 0 Å². The summed E-state index contributed by atoms with van der Waals surface area (Å²) in [6.45, 7) is 8.08. The Labute approximate surface area is 117 Å². The molecule has 1 aromatic rings. The number of nitrogens with zero attached hydrogens (tertiary/aromatic N) is 3. The second-order valence-electron chi connectivity index (χ2n) is 5.98. The van der Waals surface area contributed by atoms with Crippen molar-refractivity contribution in [3.63, 3.8) is 0 Å². The van der Waals surface area contributed by atoms with Gasteiger partial charge in [-0.1, -0.05) is 20.8 Å². The fourth-order valence-electron chi connectivity index (χ4n) is 2.59. The fourth-order valence-corrected chi connectivity index (χ4v) is 2.80. The molecule has 0 amide bonds. The predicted octanol–water partition coefficient (Wildman–Crippen LogP) is 2.47. The average Bonchev–Trinajstić information content (AvgIpc) is 2.28. The van der Waals surface area contributed by atoms with E-state index < -0.39 is 0 Å². The lowest BCUT2D eigenvalue weighted by molar-refractivity contribution is 0.0289. The van der Waals surface area contributed by atoms with Gasteiger partial charge in [0, 0.05) is 25.5 Å². The van der Waals surface area contributed by atoms with Crippen LogP contribution in [-0.2, 0) is 0 Å². The first kappa shape index (κ1) is 13.7. The zero-order valence-electron chi connectivity index (χ0n) is 11.1. The van der Waals surface area contributed by atoms with Gasteiger partial charge < -0.3 is 10.0 Å². The molecular weight excluding hydrogens is 294 g/mol. The van der Waals surface area contributed by atoms with Crippen molar-refractivity contribution < 1.29 is 5.11 Å². The number of piperidine rings is 1. The summed E-state index contributed by atoms with van der Waals surface area (Å²) in [6, 6.07) is 0. The van der Waals surface area contributed by atoms with Gasteiger partial charge >= 0.3 is 0 Å². The summed E-state index contributed by atoms with van der Waals surface area (Å²) in [5.41, 5.74) is 0.145. The van der Waals surface area contributed by atoms with E-state index in [4.69, 9.17) is 0 Å². The minimum absolute atomic E-state index is 0.145. The molecule has 0 spiro atoms. The van der Waals surface area contributed by atoms with Gasteiger partial charge in [-0.25, -0.2) is 9.97 Å². The minimum atomic E-state index is -0.314. The molecule has 2 atom stereocenters. The van der Waals surface area contributed by atoms with E-state index in [-0.39, 0.29) is 11.5 Å². The predicted molar refractivity (Wildman–Crippen MR) is 75.5 cm³/mol. The number of hydrogen-bond acceptors (Lipinski definition) is 4. The first-order valence-electron chi connectivity index (χ1n) is 6.28. The molecule has 1 aromatic heterocycles. The molecule has 0 saturated carbocycles. The first-order valence-corrected chi connectivity index (χ1v) is 7.08. The smallest absolute Gasteiger partial charge is 0.225 e. The number of β-amino-alcohol motifs (C(OH)–C–C–N with tert-alkyl or cyclic N) is 1. The van der Waals surface area contributed by atoms with Gasteiger partial charge in [0.25, 0.3) is 0 Å². The molecule has 18 heavy (non-hydrogen) atoms. The van der Waals surface area contributed by atoms with Crippen LogP contribution in [0.1, 0.15) is 27.2 Å². The van der Waals surface area contributed by atoms with Crippen molar-refractivity contribution in [2.24, 2.45) is 11.3 Å². The van der Waals surface area contributed by atoms with E-state index in [0.29, 0.717) is 18.4 Å². The summed E-state index contributed by atoms with van der Waals surface area (Å²) in [6.07, 6.45) is 4.14. The molecular formula is C13H20BrN3O. The Morgan fingerprint density at radius 1 is 1.33 bits per heavy atom. The molecule has 1 aliphatic rings. The summed E-state index contributed by atoms with van der Waals surface area (Å²) in [5, 5.41) is 10.3. The van der Waals surface area contributed by atoms with Crippen molar-refractivity contribution in [3.05, 3.63) is 16.9 Å². The standard InChI is InChI=1S/C13H20BrN3O/c1-13(2,3)10-4-5-17(8-11(10)18)12-15-6-9(14)7-16-12/h6-7,10-11,18H,4-5,8H2,1-3H3. The molecule has 5 heteroatoms. The number of aromatic nitrogens is 2. The molecule has 0 aliphatic carbocycles. The van der Waals surface area contributed by atoms with Crippen molar-refractivity contribution >= 4 is 21.9 Å². The molecule has 1 fully saturated rings. The first-order chi connectivity index (χ1) is 8.38. The van der Waals surface area contributed by atoms with Crippen molar-refractivity contribution in [1.82, 2.24) is 9.97 Å². The van der Waals surface area contributed by atoms with Crippen LogP contribution in [0.3, 0.4) is 0 Å². The zero-order valence-corrected chi connectivity index (χ0v) is 12.7. The third-order valence-corrected chi connectivity index (χ3v) is 3.99. The molecule has 0 aromatic carbocycles. The fraction of sp³-hybridized carbons (Fsp3) is 0.692. The van der Waals surface area contributed by atoms with Crippen LogP contribution in [-0.4, -0.2) is 34.3 Å². The molecule has 0 bridgehead atoms. The molecule has 0 radical (unpaired) electrons. The summed E-state index contributed by atoms with van der Waals surface area (Å²) in [7, 11) is 0. The number of aliphatic hydroxyl groups is 1. The van der Waals surface area contributed by atoms with Crippen molar-refractivity contribution in [2.45, 2.75) is 33.3 Å². The van der Waals surface area contributed by atoms with Gasteiger partial charge in [-0.3, -0.25) is 0 Å². The van der Waals surface area contributed by atoms with Crippen molar-refractivity contribution in [3.8, 4) is 0 Å². The SMILES string of the molecule is CC(C)(C)C1CCN(c2ncc(Br)cn2)CC1O. The summed E-state index contributed by atoms with van der Waals surface area (Å²) >= 11 is 3.32. The number of rotatable bonds is 1. The van der Waals surface area contributed by atoms with Gasteiger partial charge in [-0.15, -0.1) is 0 Å². The minimum Gasteiger partial charge on any atom is -0.391 e. The van der Waals surface area contributed by atoms with Crippen LogP contribution in [0, 0.1) is 11.3 Å². The van der Waals surface area contributed by atoms with E-state index in [1.54, 1.807) is 12.4 Å². The Bertz CT molecular complexity index is 402. The second kappa shape index (κ2) is 5.13. The lowest BCUT2D eigenvalue weighted by Gasteiger charge is -2.42. The van der Waals surface area contributed by atoms with Crippen molar-refractivity contribution in [2.75, 3.05) is 18.0 Å². The number of anilines is 1. The Hall–Kier alpha value is -0.680. The van der Waals surface area contributed by atoms with E-state index in [9.17, 15) is 5.11 Å². The quantitative estimate of drug-likeness (QED) is 0.865. The highest BCUT2D eigenvalue weighted by Crippen LogP contribution is 2.35. The summed E-state index contributed by atoms with van der Waals surface area (Å²) < 4.78 is 0.872. The average molecular weight is 314 g/mol. The normalized spacial score (nSPS) is 25.3. The van der Waals surface area contributed by atoms with Crippen LogP contribution in [0.25, 0.3) is 0 Å². The van der Waals surface area contributed by atoms with Gasteiger partial charge in [0.15, 0.2) is 0 Å². The zero-order chi connectivity index (χ0) is 13.3. The molecule has 2 heterocycles. The highest BCUT2D eigenvalue weighted by atomic mass is 79.9. The molecule has 4 nitrogen and oxygen atoms in total. The van der Waals surface area contributed by atoms with Gasteiger partial charge in [0.1, 0.15) is 0 Å². The highest BCUT2D eigenvalue weighted by Gasteiger charge is 2.36. The third-order valence-electron chi connectivity index (χ3n) is 3.58. The van der Waals surface area contributed by atoms with E-state index in [1.807, 2.05) is 0 Å². The van der Waals surface area contributed by atoms with Crippen LogP contribution in [0.5, 0.6) is 0 Å². The van der Waals surface area contributed by atoms with Gasteiger partial charge in [0.05, 0.1) is 10.6 Å². The lowest BCUT2D eigenvalue weighted by atomic mass is 9.74. The van der Waals surface area contributed by atoms with Crippen LogP contribution in [0.2, 0.25) is 0 Å². The Kier molecular flexibility index (Phi) is 3.92. The maximum atomic E-state index is 10.3. The summed E-state index contributed by atoms with van der Waals surface area (Å²) in [4.78, 5) is 10.6. The van der Waals surface area contributed by atoms with E-state index in [2.05, 4.69) is 51.6 Å². The van der Waals surface area contributed by atoms with Gasteiger partial charge in [0.2, 0.25) is 5.95 Å². The molecule has 1 saturated heterocycles. The maximum Gasteiger partial charge on any atom is 0.225 e. The van der Waals surface area contributed by atoms with Crippen LogP contribution < -0.4 is 4.90 Å². The van der Waals surface area contributed by atoms with E-state index in [0.717, 1.165) is 17.4 Å². The number of halogens is 1. The Morgan fingerprint density at radius 3 is 2.44 bits per heavy atom. The van der Waals surface area contributed by atoms with Crippen LogP contribution >= 0.6 is 15.9 Å². The van der Waals surface area contributed by atoms with E-state index >= 15 is 0 Å². The highest BCUT2D eigenvalue weighted by molar-refractivity contribution is 9.10. The van der Waals surface area contributed by atoms with Gasteiger partial charge in [-0.05, 0) is 33.7 Å². The number of hydrogen-bond donors (Lipinski definition) is 1. The maximum absolute atomic E-state index is 10.3.